The fourth-order valence-corrected chi connectivity index (χ4v) is 4.01. The summed E-state index contributed by atoms with van der Waals surface area (Å²) < 4.78 is 42.1. The van der Waals surface area contributed by atoms with Crippen LogP contribution in [-0.2, 0) is 19.6 Å². The van der Waals surface area contributed by atoms with Crippen molar-refractivity contribution in [3.05, 3.63) is 29.9 Å². The zero-order valence-corrected chi connectivity index (χ0v) is 18.2. The number of methoxy groups -OCH3 is 2. The molecule has 162 valence electrons. The van der Waals surface area contributed by atoms with Crippen LogP contribution in [0.2, 0.25) is 0 Å². The number of rotatable bonds is 7. The summed E-state index contributed by atoms with van der Waals surface area (Å²) in [6, 6.07) is 0.234. The second-order valence-corrected chi connectivity index (χ2v) is 8.32. The molecule has 0 bridgehead atoms. The van der Waals surface area contributed by atoms with E-state index in [9.17, 15) is 18.0 Å². The molecule has 1 aromatic heterocycles. The first kappa shape index (κ1) is 23.2. The van der Waals surface area contributed by atoms with Gasteiger partial charge in [-0.25, -0.2) is 22.7 Å². The molecule has 2 amide bonds. The van der Waals surface area contributed by atoms with Gasteiger partial charge in [0.1, 0.15) is 5.25 Å². The summed E-state index contributed by atoms with van der Waals surface area (Å²) in [7, 11) is -1.64. The van der Waals surface area contributed by atoms with Crippen LogP contribution in [0.1, 0.15) is 13.8 Å². The first-order chi connectivity index (χ1) is 14.1. The first-order valence-electron chi connectivity index (χ1n) is 8.50. The summed E-state index contributed by atoms with van der Waals surface area (Å²) in [5.41, 5.74) is -0.0714. The number of carbonyl (C=O) groups is 2. The second kappa shape index (κ2) is 9.63. The van der Waals surface area contributed by atoms with Crippen LogP contribution in [0.25, 0.3) is 0 Å². The molecule has 0 spiro atoms. The molecule has 0 aromatic carbocycles. The van der Waals surface area contributed by atoms with E-state index in [0.29, 0.717) is 0 Å². The van der Waals surface area contributed by atoms with Crippen molar-refractivity contribution in [1.29, 1.82) is 0 Å². The van der Waals surface area contributed by atoms with Crippen molar-refractivity contribution in [2.75, 3.05) is 19.5 Å². The number of esters is 1. The lowest BCUT2D eigenvalue weighted by Gasteiger charge is -2.20. The third-order valence-electron chi connectivity index (χ3n) is 3.53. The third kappa shape index (κ3) is 5.73. The van der Waals surface area contributed by atoms with Gasteiger partial charge in [0.2, 0.25) is 27.7 Å². The van der Waals surface area contributed by atoms with Crippen molar-refractivity contribution < 1.29 is 32.2 Å². The van der Waals surface area contributed by atoms with E-state index < -0.39 is 33.4 Å². The number of sulfonamides is 1. The topological polar surface area (TPSA) is 146 Å². The van der Waals surface area contributed by atoms with Crippen LogP contribution in [-0.4, -0.2) is 60.8 Å². The van der Waals surface area contributed by atoms with Crippen LogP contribution in [0.3, 0.4) is 0 Å². The van der Waals surface area contributed by atoms with Crippen molar-refractivity contribution >= 4 is 45.1 Å². The van der Waals surface area contributed by atoms with Crippen LogP contribution in [0.5, 0.6) is 11.8 Å². The second-order valence-electron chi connectivity index (χ2n) is 6.08. The molecule has 1 aliphatic carbocycles. The van der Waals surface area contributed by atoms with E-state index in [-0.39, 0.29) is 28.1 Å². The van der Waals surface area contributed by atoms with Gasteiger partial charge in [0.15, 0.2) is 0 Å². The van der Waals surface area contributed by atoms with Crippen LogP contribution in [0.15, 0.2) is 29.9 Å². The quantitative estimate of drug-likeness (QED) is 0.452. The normalized spacial score (nSPS) is 16.0. The Morgan fingerprint density at radius 3 is 2.30 bits per heavy atom. The van der Waals surface area contributed by atoms with Crippen LogP contribution < -0.4 is 19.5 Å². The number of hydrogen-bond acceptors (Lipinski definition) is 10. The highest BCUT2D eigenvalue weighted by Crippen LogP contribution is 2.20. The Hall–Kier alpha value is -3.06. The summed E-state index contributed by atoms with van der Waals surface area (Å²) in [5, 5.41) is 0.745. The van der Waals surface area contributed by atoms with Crippen LogP contribution in [0, 0.1) is 0 Å². The Balaban J connectivity index is 2.14. The van der Waals surface area contributed by atoms with E-state index in [1.54, 1.807) is 13.8 Å². The molecule has 0 saturated carbocycles. The fraction of sp³-hybridized carbons (Fsp3) is 0.353. The lowest BCUT2D eigenvalue weighted by Crippen LogP contribution is -2.44. The average Bonchev–Trinajstić information content (AvgIpc) is 2.66. The highest BCUT2D eigenvalue weighted by atomic mass is 32.2. The summed E-state index contributed by atoms with van der Waals surface area (Å²) in [6.45, 7) is 3.30. The summed E-state index contributed by atoms with van der Waals surface area (Å²) in [6.07, 6.45) is 3.54. The number of ether oxygens (including phenoxy) is 3. The maximum Gasteiger partial charge on any atom is 0.339 e. The van der Waals surface area contributed by atoms with Gasteiger partial charge in [0, 0.05) is 0 Å². The summed E-state index contributed by atoms with van der Waals surface area (Å²) in [4.78, 5) is 31.9. The molecule has 1 aliphatic rings. The van der Waals surface area contributed by atoms with Gasteiger partial charge in [-0.15, -0.1) is 0 Å². The average molecular weight is 457 g/mol. The van der Waals surface area contributed by atoms with Gasteiger partial charge in [0.25, 0.3) is 0 Å². The van der Waals surface area contributed by atoms with Gasteiger partial charge < -0.3 is 14.2 Å². The minimum absolute atomic E-state index is 0.0714. The molecule has 0 saturated heterocycles. The largest absolute Gasteiger partial charge is 0.481 e. The molecule has 11 nitrogen and oxygen atoms in total. The van der Waals surface area contributed by atoms with E-state index in [4.69, 9.17) is 26.4 Å². The van der Waals surface area contributed by atoms with Gasteiger partial charge in [-0.3, -0.25) is 5.32 Å². The molecule has 2 N–H and O–H groups in total. The number of thiocarbonyl (C=S) groups is 1. The van der Waals surface area contributed by atoms with Gasteiger partial charge in [-0.2, -0.15) is 9.97 Å². The number of amides is 2. The van der Waals surface area contributed by atoms with Gasteiger partial charge in [-0.05, 0) is 19.9 Å². The maximum atomic E-state index is 12.7. The molecule has 0 radical (unpaired) electrons. The smallest absolute Gasteiger partial charge is 0.339 e. The number of anilines is 1. The molecular weight excluding hydrogens is 436 g/mol. The monoisotopic (exact) mass is 456 g/mol. The summed E-state index contributed by atoms with van der Waals surface area (Å²) >= 11 is 5.14. The molecule has 13 heteroatoms. The zero-order valence-electron chi connectivity index (χ0n) is 16.5. The van der Waals surface area contributed by atoms with E-state index in [1.165, 1.54) is 38.5 Å². The van der Waals surface area contributed by atoms with Crippen molar-refractivity contribution in [3.8, 4) is 11.8 Å². The molecule has 30 heavy (non-hydrogen) atoms. The van der Waals surface area contributed by atoms with E-state index in [1.807, 2.05) is 4.72 Å². The Bertz CT molecular complexity index is 997. The standard InChI is InChI=1S/C17H20N4O7S2/c1-9(2)28-15(22)10-6-5-7-11(14(10)29)30(24,25)21-17(23)20-16-18-12(26-3)8-13(19-16)27-4/h5-9,11H,1-4H3,(H2,18,19,20,21,23). The van der Waals surface area contributed by atoms with Crippen molar-refractivity contribution in [2.24, 2.45) is 0 Å². The number of nitrogens with zero attached hydrogens (tertiary/aromatic N) is 2. The van der Waals surface area contributed by atoms with Gasteiger partial charge >= 0.3 is 12.0 Å². The molecule has 1 heterocycles. The number of allylic oxidation sites excluding steroid dienone is 2. The Morgan fingerprint density at radius 2 is 1.77 bits per heavy atom. The van der Waals surface area contributed by atoms with Gasteiger partial charge in [-0.1, -0.05) is 24.4 Å². The molecule has 0 aliphatic heterocycles. The molecule has 1 unspecified atom stereocenters. The molecular formula is C17H20N4O7S2. The number of urea groups is 1. The Kier molecular flexibility index (Phi) is 7.45. The zero-order chi connectivity index (χ0) is 22.5. The Morgan fingerprint density at radius 1 is 1.17 bits per heavy atom. The predicted octanol–water partition coefficient (Wildman–Crippen LogP) is 1.13. The first-order valence-corrected chi connectivity index (χ1v) is 10.5. The van der Waals surface area contributed by atoms with Crippen molar-refractivity contribution in [3.63, 3.8) is 0 Å². The fourth-order valence-electron chi connectivity index (χ4n) is 2.25. The molecule has 1 aromatic rings. The highest BCUT2D eigenvalue weighted by molar-refractivity contribution is 7.93. The third-order valence-corrected chi connectivity index (χ3v) is 5.68. The lowest BCUT2D eigenvalue weighted by atomic mass is 10.0. The lowest BCUT2D eigenvalue weighted by molar-refractivity contribution is -0.141. The van der Waals surface area contributed by atoms with Crippen molar-refractivity contribution in [2.45, 2.75) is 25.2 Å². The van der Waals surface area contributed by atoms with Crippen LogP contribution in [0.4, 0.5) is 10.7 Å². The summed E-state index contributed by atoms with van der Waals surface area (Å²) in [5.74, 6) is -0.813. The minimum atomic E-state index is -4.33. The van der Waals surface area contributed by atoms with Crippen LogP contribution >= 0.6 is 12.2 Å². The van der Waals surface area contributed by atoms with E-state index in [2.05, 4.69) is 15.3 Å². The Labute approximate surface area is 178 Å². The van der Waals surface area contributed by atoms with Crippen molar-refractivity contribution in [1.82, 2.24) is 14.7 Å². The maximum absolute atomic E-state index is 12.7. The van der Waals surface area contributed by atoms with E-state index >= 15 is 0 Å². The highest BCUT2D eigenvalue weighted by Gasteiger charge is 2.35. The minimum Gasteiger partial charge on any atom is -0.481 e. The molecule has 1 atom stereocenters. The number of hydrogen-bond donors (Lipinski definition) is 2. The van der Waals surface area contributed by atoms with E-state index in [0.717, 1.165) is 0 Å². The predicted molar refractivity (Wildman–Crippen MR) is 111 cm³/mol. The molecule has 0 fully saturated rings. The van der Waals surface area contributed by atoms with Gasteiger partial charge in [0.05, 0.1) is 36.8 Å². The molecule has 2 rings (SSSR count). The number of aromatic nitrogens is 2. The number of nitrogens with one attached hydrogen (secondary N) is 2. The number of carbonyl (C=O) groups excluding carboxylic acids is 2. The SMILES string of the molecule is COc1cc(OC)nc(NC(=O)NS(=O)(=O)C2C=CC=C(C(=O)OC(C)C)C2=S)n1.